The highest BCUT2D eigenvalue weighted by Crippen LogP contribution is 2.14. The van der Waals surface area contributed by atoms with Crippen molar-refractivity contribution in [3.8, 4) is 0 Å². The Hall–Kier alpha value is -1.39. The van der Waals surface area contributed by atoms with Crippen LogP contribution in [0.3, 0.4) is 0 Å². The normalized spacial score (nSPS) is 19.0. The average Bonchev–Trinajstić information content (AvgIpc) is 2.88. The largest absolute Gasteiger partial charge is 0.478 e. The van der Waals surface area contributed by atoms with Crippen LogP contribution in [0.1, 0.15) is 35.2 Å². The molecule has 0 radical (unpaired) electrons. The van der Waals surface area contributed by atoms with Crippen LogP contribution in [0.15, 0.2) is 24.3 Å². The van der Waals surface area contributed by atoms with E-state index in [0.717, 1.165) is 31.7 Å². The summed E-state index contributed by atoms with van der Waals surface area (Å²) >= 11 is 0. The highest BCUT2D eigenvalue weighted by atomic mass is 16.5. The second kappa shape index (κ2) is 6.52. The Morgan fingerprint density at radius 3 is 2.78 bits per heavy atom. The molecule has 1 unspecified atom stereocenters. The molecule has 18 heavy (non-hydrogen) atoms. The Kier molecular flexibility index (Phi) is 4.73. The molecule has 1 aliphatic rings. The van der Waals surface area contributed by atoms with Crippen LogP contribution < -0.4 is 5.32 Å². The van der Waals surface area contributed by atoms with Crippen LogP contribution in [0, 0.1) is 0 Å². The zero-order valence-corrected chi connectivity index (χ0v) is 10.4. The van der Waals surface area contributed by atoms with Gasteiger partial charge >= 0.3 is 5.97 Å². The van der Waals surface area contributed by atoms with Gasteiger partial charge in [-0.15, -0.1) is 0 Å². The van der Waals surface area contributed by atoms with E-state index in [0.29, 0.717) is 11.7 Å². The van der Waals surface area contributed by atoms with Gasteiger partial charge in [0.1, 0.15) is 0 Å². The van der Waals surface area contributed by atoms with E-state index in [2.05, 4.69) is 5.32 Å². The molecule has 1 saturated heterocycles. The van der Waals surface area contributed by atoms with Crippen LogP contribution in [0.5, 0.6) is 0 Å². The molecule has 1 atom stereocenters. The fourth-order valence-corrected chi connectivity index (χ4v) is 2.13. The molecular weight excluding hydrogens is 230 g/mol. The molecule has 4 heteroatoms. The minimum Gasteiger partial charge on any atom is -0.478 e. The number of hydrogen-bond donors (Lipinski definition) is 2. The first-order valence-electron chi connectivity index (χ1n) is 6.40. The third-order valence-corrected chi connectivity index (χ3v) is 3.20. The number of aromatic carboxylic acids is 1. The number of carbonyl (C=O) groups is 1. The Balaban J connectivity index is 1.68. The number of carboxylic acid groups (broad SMARTS) is 1. The minimum atomic E-state index is -0.882. The second-order valence-electron chi connectivity index (χ2n) is 4.60. The van der Waals surface area contributed by atoms with Gasteiger partial charge < -0.3 is 15.2 Å². The van der Waals surface area contributed by atoms with Crippen LogP contribution in [0.4, 0.5) is 0 Å². The van der Waals surface area contributed by atoms with E-state index in [4.69, 9.17) is 9.84 Å². The smallest absolute Gasteiger partial charge is 0.335 e. The van der Waals surface area contributed by atoms with Gasteiger partial charge in [0, 0.05) is 13.2 Å². The molecule has 98 valence electrons. The molecule has 1 heterocycles. The molecule has 1 fully saturated rings. The van der Waals surface area contributed by atoms with E-state index >= 15 is 0 Å². The Bertz CT molecular complexity index is 383. The van der Waals surface area contributed by atoms with Crippen molar-refractivity contribution in [3.63, 3.8) is 0 Å². The second-order valence-corrected chi connectivity index (χ2v) is 4.60. The van der Waals surface area contributed by atoms with Crippen LogP contribution in [-0.2, 0) is 11.3 Å². The standard InChI is InChI=1S/C14H19NO3/c16-14(17)12-5-3-11(4-6-12)10-15-8-7-13-2-1-9-18-13/h3-6,13,15H,1-2,7-10H2,(H,16,17). The maximum atomic E-state index is 10.7. The molecule has 0 spiro atoms. The molecule has 4 nitrogen and oxygen atoms in total. The Morgan fingerprint density at radius 2 is 2.17 bits per heavy atom. The van der Waals surface area contributed by atoms with Crippen molar-refractivity contribution < 1.29 is 14.6 Å². The molecule has 0 saturated carbocycles. The fraction of sp³-hybridized carbons (Fsp3) is 0.500. The van der Waals surface area contributed by atoms with Gasteiger partial charge in [-0.2, -0.15) is 0 Å². The molecule has 0 bridgehead atoms. The zero-order valence-electron chi connectivity index (χ0n) is 10.4. The van der Waals surface area contributed by atoms with Gasteiger partial charge in [0.05, 0.1) is 11.7 Å². The van der Waals surface area contributed by atoms with E-state index in [-0.39, 0.29) is 0 Å². The van der Waals surface area contributed by atoms with Crippen molar-refractivity contribution in [2.75, 3.05) is 13.2 Å². The lowest BCUT2D eigenvalue weighted by molar-refractivity contribution is 0.0697. The third-order valence-electron chi connectivity index (χ3n) is 3.20. The molecule has 2 rings (SSSR count). The lowest BCUT2D eigenvalue weighted by Crippen LogP contribution is -2.19. The fourth-order valence-electron chi connectivity index (χ4n) is 2.13. The predicted molar refractivity (Wildman–Crippen MR) is 68.7 cm³/mol. The zero-order chi connectivity index (χ0) is 12.8. The number of hydrogen-bond acceptors (Lipinski definition) is 3. The van der Waals surface area contributed by atoms with Gasteiger partial charge in [0.25, 0.3) is 0 Å². The summed E-state index contributed by atoms with van der Waals surface area (Å²) in [5, 5.41) is 12.1. The van der Waals surface area contributed by atoms with Crippen LogP contribution in [0.25, 0.3) is 0 Å². The Labute approximate surface area is 107 Å². The summed E-state index contributed by atoms with van der Waals surface area (Å²) in [4.78, 5) is 10.7. The van der Waals surface area contributed by atoms with E-state index in [9.17, 15) is 4.79 Å². The van der Waals surface area contributed by atoms with E-state index in [1.54, 1.807) is 12.1 Å². The summed E-state index contributed by atoms with van der Waals surface area (Å²) in [7, 11) is 0. The number of nitrogens with one attached hydrogen (secondary N) is 1. The molecule has 1 aliphatic heterocycles. The summed E-state index contributed by atoms with van der Waals surface area (Å²) in [6.07, 6.45) is 3.83. The van der Waals surface area contributed by atoms with Gasteiger partial charge in [-0.25, -0.2) is 4.79 Å². The lowest BCUT2D eigenvalue weighted by Gasteiger charge is -2.10. The van der Waals surface area contributed by atoms with Crippen molar-refractivity contribution in [1.29, 1.82) is 0 Å². The molecule has 2 N–H and O–H groups in total. The van der Waals surface area contributed by atoms with Crippen LogP contribution in [-0.4, -0.2) is 30.3 Å². The van der Waals surface area contributed by atoms with Gasteiger partial charge in [-0.1, -0.05) is 12.1 Å². The van der Waals surface area contributed by atoms with Gasteiger partial charge in [-0.05, 0) is 43.5 Å². The summed E-state index contributed by atoms with van der Waals surface area (Å²) in [6.45, 7) is 2.61. The molecule has 1 aromatic rings. The lowest BCUT2D eigenvalue weighted by atomic mass is 10.1. The molecule has 0 aromatic heterocycles. The van der Waals surface area contributed by atoms with E-state index in [1.165, 1.54) is 12.8 Å². The van der Waals surface area contributed by atoms with Crippen LogP contribution in [0.2, 0.25) is 0 Å². The topological polar surface area (TPSA) is 58.6 Å². The number of benzene rings is 1. The molecule has 0 amide bonds. The van der Waals surface area contributed by atoms with Crippen LogP contribution >= 0.6 is 0 Å². The van der Waals surface area contributed by atoms with Gasteiger partial charge in [-0.3, -0.25) is 0 Å². The van der Waals surface area contributed by atoms with Crippen molar-refractivity contribution >= 4 is 5.97 Å². The quantitative estimate of drug-likeness (QED) is 0.757. The minimum absolute atomic E-state index is 0.332. The van der Waals surface area contributed by atoms with Crippen molar-refractivity contribution in [3.05, 3.63) is 35.4 Å². The summed E-state index contributed by atoms with van der Waals surface area (Å²) in [5.74, 6) is -0.882. The van der Waals surface area contributed by atoms with Gasteiger partial charge in [0.15, 0.2) is 0 Å². The molecular formula is C14H19NO3. The predicted octanol–water partition coefficient (Wildman–Crippen LogP) is 2.04. The first-order valence-corrected chi connectivity index (χ1v) is 6.40. The SMILES string of the molecule is O=C(O)c1ccc(CNCCC2CCCO2)cc1. The molecule has 1 aromatic carbocycles. The van der Waals surface area contributed by atoms with Crippen molar-refractivity contribution in [2.45, 2.75) is 31.9 Å². The monoisotopic (exact) mass is 249 g/mol. The van der Waals surface area contributed by atoms with E-state index in [1.807, 2.05) is 12.1 Å². The number of rotatable bonds is 6. The highest BCUT2D eigenvalue weighted by Gasteiger charge is 2.14. The average molecular weight is 249 g/mol. The van der Waals surface area contributed by atoms with Crippen molar-refractivity contribution in [2.24, 2.45) is 0 Å². The number of carboxylic acids is 1. The first-order chi connectivity index (χ1) is 8.75. The molecule has 0 aliphatic carbocycles. The summed E-state index contributed by atoms with van der Waals surface area (Å²) in [6, 6.07) is 6.98. The van der Waals surface area contributed by atoms with E-state index < -0.39 is 5.97 Å². The first kappa shape index (κ1) is 13.1. The van der Waals surface area contributed by atoms with Gasteiger partial charge in [0.2, 0.25) is 0 Å². The summed E-state index contributed by atoms with van der Waals surface area (Å²) in [5.41, 5.74) is 1.44. The number of ether oxygens (including phenoxy) is 1. The van der Waals surface area contributed by atoms with Crippen molar-refractivity contribution in [1.82, 2.24) is 5.32 Å². The Morgan fingerprint density at radius 1 is 1.39 bits per heavy atom. The third kappa shape index (κ3) is 3.82. The maximum absolute atomic E-state index is 10.7. The maximum Gasteiger partial charge on any atom is 0.335 e. The summed E-state index contributed by atoms with van der Waals surface area (Å²) < 4.78 is 5.54. The highest BCUT2D eigenvalue weighted by molar-refractivity contribution is 5.87.